The SMILES string of the molecule is CN=C(NCCCC(=O)N1Cc2ccccc2C1)NCC1CCCN1Cc1ccccc1. The fraction of sp³-hybridized carbons (Fsp3) is 0.462. The Labute approximate surface area is 191 Å². The minimum absolute atomic E-state index is 0.230. The third-order valence-electron chi connectivity index (χ3n) is 6.51. The highest BCUT2D eigenvalue weighted by Gasteiger charge is 2.25. The van der Waals surface area contributed by atoms with Crippen molar-refractivity contribution in [1.29, 1.82) is 0 Å². The van der Waals surface area contributed by atoms with E-state index in [9.17, 15) is 4.79 Å². The third-order valence-corrected chi connectivity index (χ3v) is 6.51. The van der Waals surface area contributed by atoms with Gasteiger partial charge in [-0.25, -0.2) is 0 Å². The second-order valence-electron chi connectivity index (χ2n) is 8.75. The first kappa shape index (κ1) is 22.3. The van der Waals surface area contributed by atoms with E-state index in [0.717, 1.165) is 51.6 Å². The van der Waals surface area contributed by atoms with E-state index in [-0.39, 0.29) is 5.91 Å². The van der Waals surface area contributed by atoms with Crippen LogP contribution in [0.5, 0.6) is 0 Å². The lowest BCUT2D eigenvalue weighted by Gasteiger charge is -2.25. The zero-order valence-electron chi connectivity index (χ0n) is 19.1. The number of amides is 1. The van der Waals surface area contributed by atoms with Crippen LogP contribution in [0.15, 0.2) is 59.6 Å². The summed E-state index contributed by atoms with van der Waals surface area (Å²) in [5.74, 6) is 1.05. The third kappa shape index (κ3) is 5.88. The molecule has 2 heterocycles. The van der Waals surface area contributed by atoms with Crippen LogP contribution in [0.25, 0.3) is 0 Å². The van der Waals surface area contributed by atoms with E-state index in [2.05, 4.69) is 63.0 Å². The van der Waals surface area contributed by atoms with Crippen molar-refractivity contribution < 1.29 is 4.79 Å². The Morgan fingerprint density at radius 3 is 2.47 bits per heavy atom. The van der Waals surface area contributed by atoms with Crippen LogP contribution in [-0.4, -0.2) is 54.4 Å². The summed E-state index contributed by atoms with van der Waals surface area (Å²) in [4.78, 5) is 21.4. The molecule has 170 valence electrons. The van der Waals surface area contributed by atoms with Crippen molar-refractivity contribution >= 4 is 11.9 Å². The predicted octanol–water partition coefficient (Wildman–Crippen LogP) is 3.14. The van der Waals surface area contributed by atoms with E-state index in [1.165, 1.54) is 29.5 Å². The standard InChI is InChI=1S/C26H35N5O/c1-27-26(29-17-24-13-8-16-30(24)18-21-9-3-2-4-10-21)28-15-7-14-25(32)31-19-22-11-5-6-12-23(22)20-31/h2-6,9-12,24H,7-8,13-20H2,1H3,(H2,27,28,29). The molecule has 2 aromatic carbocycles. The molecule has 1 fully saturated rings. The second-order valence-corrected chi connectivity index (χ2v) is 8.75. The normalized spacial score (nSPS) is 18.6. The molecule has 1 unspecified atom stereocenters. The number of carbonyl (C=O) groups excluding carboxylic acids is 1. The maximum atomic E-state index is 12.6. The van der Waals surface area contributed by atoms with Crippen molar-refractivity contribution in [3.05, 3.63) is 71.3 Å². The van der Waals surface area contributed by atoms with Gasteiger partial charge in [-0.1, -0.05) is 54.6 Å². The Bertz CT molecular complexity index is 888. The number of nitrogens with one attached hydrogen (secondary N) is 2. The van der Waals surface area contributed by atoms with Crippen LogP contribution >= 0.6 is 0 Å². The molecule has 32 heavy (non-hydrogen) atoms. The lowest BCUT2D eigenvalue weighted by atomic mass is 10.1. The van der Waals surface area contributed by atoms with Gasteiger partial charge in [0.15, 0.2) is 5.96 Å². The number of fused-ring (bicyclic) bond motifs is 1. The van der Waals surface area contributed by atoms with Crippen molar-refractivity contribution in [2.24, 2.45) is 4.99 Å². The molecule has 2 aliphatic rings. The van der Waals surface area contributed by atoms with Crippen molar-refractivity contribution in [2.75, 3.05) is 26.7 Å². The van der Waals surface area contributed by atoms with E-state index >= 15 is 0 Å². The average molecular weight is 434 g/mol. The molecule has 1 saturated heterocycles. The van der Waals surface area contributed by atoms with Crippen molar-refractivity contribution in [3.63, 3.8) is 0 Å². The lowest BCUT2D eigenvalue weighted by molar-refractivity contribution is -0.131. The summed E-state index contributed by atoms with van der Waals surface area (Å²) < 4.78 is 0. The van der Waals surface area contributed by atoms with Gasteiger partial charge >= 0.3 is 0 Å². The summed E-state index contributed by atoms with van der Waals surface area (Å²) in [5, 5.41) is 6.85. The van der Waals surface area contributed by atoms with Gasteiger partial charge < -0.3 is 15.5 Å². The number of carbonyl (C=O) groups is 1. The first-order valence-corrected chi connectivity index (χ1v) is 11.8. The van der Waals surface area contributed by atoms with Crippen molar-refractivity contribution in [2.45, 2.75) is 51.4 Å². The number of hydrogen-bond donors (Lipinski definition) is 2. The number of rotatable bonds is 8. The van der Waals surface area contributed by atoms with Crippen LogP contribution in [0.3, 0.4) is 0 Å². The number of nitrogens with zero attached hydrogens (tertiary/aromatic N) is 3. The van der Waals surface area contributed by atoms with Crippen LogP contribution in [0, 0.1) is 0 Å². The average Bonchev–Trinajstić information content (AvgIpc) is 3.46. The van der Waals surface area contributed by atoms with Gasteiger partial charge in [0.05, 0.1) is 0 Å². The Hall–Kier alpha value is -2.86. The Morgan fingerprint density at radius 1 is 1.03 bits per heavy atom. The first-order chi connectivity index (χ1) is 15.7. The molecule has 6 heteroatoms. The topological polar surface area (TPSA) is 60.0 Å². The van der Waals surface area contributed by atoms with Crippen LogP contribution in [0.4, 0.5) is 0 Å². The first-order valence-electron chi connectivity index (χ1n) is 11.8. The van der Waals surface area contributed by atoms with E-state index < -0.39 is 0 Å². The molecule has 2 aliphatic heterocycles. The number of likely N-dealkylation sites (tertiary alicyclic amines) is 1. The van der Waals surface area contributed by atoms with Gasteiger partial charge in [0.25, 0.3) is 0 Å². The second kappa shape index (κ2) is 11.1. The maximum Gasteiger partial charge on any atom is 0.223 e. The number of benzene rings is 2. The molecule has 0 bridgehead atoms. The molecule has 2 N–H and O–H groups in total. The minimum atomic E-state index is 0.230. The Kier molecular flexibility index (Phi) is 7.77. The van der Waals surface area contributed by atoms with Gasteiger partial charge in [-0.15, -0.1) is 0 Å². The van der Waals surface area contributed by atoms with E-state index in [4.69, 9.17) is 0 Å². The van der Waals surface area contributed by atoms with Gasteiger partial charge in [-0.05, 0) is 42.5 Å². The van der Waals surface area contributed by atoms with Crippen molar-refractivity contribution in [1.82, 2.24) is 20.4 Å². The number of hydrogen-bond acceptors (Lipinski definition) is 3. The van der Waals surface area contributed by atoms with Gasteiger partial charge in [0.2, 0.25) is 5.91 Å². The van der Waals surface area contributed by atoms with Crippen LogP contribution in [-0.2, 0) is 24.4 Å². The summed E-state index contributed by atoms with van der Waals surface area (Å²) in [6, 6.07) is 19.5. The highest BCUT2D eigenvalue weighted by atomic mass is 16.2. The summed E-state index contributed by atoms with van der Waals surface area (Å²) in [6.07, 6.45) is 3.82. The molecule has 0 saturated carbocycles. The smallest absolute Gasteiger partial charge is 0.223 e. The van der Waals surface area contributed by atoms with Gasteiger partial charge in [0, 0.05) is 52.2 Å². The van der Waals surface area contributed by atoms with E-state index in [0.29, 0.717) is 12.5 Å². The molecule has 0 aliphatic carbocycles. The molecule has 6 nitrogen and oxygen atoms in total. The molecule has 0 spiro atoms. The summed E-state index contributed by atoms with van der Waals surface area (Å²) >= 11 is 0. The maximum absolute atomic E-state index is 12.6. The van der Waals surface area contributed by atoms with Gasteiger partial charge in [-0.3, -0.25) is 14.7 Å². The summed E-state index contributed by atoms with van der Waals surface area (Å²) in [5.41, 5.74) is 3.92. The summed E-state index contributed by atoms with van der Waals surface area (Å²) in [7, 11) is 1.80. The molecule has 1 amide bonds. The molecule has 0 aromatic heterocycles. The quantitative estimate of drug-likeness (QED) is 0.382. The minimum Gasteiger partial charge on any atom is -0.356 e. The van der Waals surface area contributed by atoms with E-state index in [1.54, 1.807) is 7.05 Å². The predicted molar refractivity (Wildman–Crippen MR) is 129 cm³/mol. The Balaban J connectivity index is 1.14. The molecule has 2 aromatic rings. The largest absolute Gasteiger partial charge is 0.356 e. The Morgan fingerprint density at radius 2 is 1.75 bits per heavy atom. The summed E-state index contributed by atoms with van der Waals surface area (Å²) in [6.45, 7) is 5.26. The van der Waals surface area contributed by atoms with Crippen LogP contribution in [0.2, 0.25) is 0 Å². The molecule has 0 radical (unpaired) electrons. The van der Waals surface area contributed by atoms with Gasteiger partial charge in [0.1, 0.15) is 0 Å². The fourth-order valence-electron chi connectivity index (χ4n) is 4.70. The number of guanidine groups is 1. The van der Waals surface area contributed by atoms with E-state index in [1.807, 2.05) is 17.0 Å². The highest BCUT2D eigenvalue weighted by Crippen LogP contribution is 2.23. The fourth-order valence-corrected chi connectivity index (χ4v) is 4.70. The zero-order valence-corrected chi connectivity index (χ0v) is 19.1. The lowest BCUT2D eigenvalue weighted by Crippen LogP contribution is -2.45. The highest BCUT2D eigenvalue weighted by molar-refractivity contribution is 5.80. The molecular formula is C26H35N5O. The molecular weight excluding hydrogens is 398 g/mol. The van der Waals surface area contributed by atoms with Gasteiger partial charge in [-0.2, -0.15) is 0 Å². The molecule has 4 rings (SSSR count). The van der Waals surface area contributed by atoms with Crippen LogP contribution < -0.4 is 10.6 Å². The molecule has 1 atom stereocenters. The zero-order chi connectivity index (χ0) is 22.2. The van der Waals surface area contributed by atoms with Crippen molar-refractivity contribution in [3.8, 4) is 0 Å². The van der Waals surface area contributed by atoms with Crippen LogP contribution in [0.1, 0.15) is 42.4 Å². The monoisotopic (exact) mass is 433 g/mol. The number of aliphatic imine (C=N–C) groups is 1.